The molecule has 6 N–H and O–H groups in total. The monoisotopic (exact) mass is 347 g/mol. The summed E-state index contributed by atoms with van der Waals surface area (Å²) in [6.07, 6.45) is -1.83. The predicted octanol–water partition coefficient (Wildman–Crippen LogP) is -2.35. The average molecular weight is 347 g/mol. The van der Waals surface area contributed by atoms with Crippen molar-refractivity contribution in [2.75, 3.05) is 6.61 Å². The topological polar surface area (TPSA) is 182 Å². The molecule has 10 nitrogen and oxygen atoms in total. The van der Waals surface area contributed by atoms with Crippen molar-refractivity contribution in [2.45, 2.75) is 37.4 Å². The van der Waals surface area contributed by atoms with E-state index in [9.17, 15) is 20.0 Å². The fourth-order valence-electron chi connectivity index (χ4n) is 1.59. The summed E-state index contributed by atoms with van der Waals surface area (Å²) in [5.41, 5.74) is 0.567. The average Bonchev–Trinajstić information content (AvgIpc) is 2.59. The van der Waals surface area contributed by atoms with Crippen LogP contribution in [0.15, 0.2) is 35.6 Å². The summed E-state index contributed by atoms with van der Waals surface area (Å²) in [7, 11) is 0. The van der Waals surface area contributed by atoms with Gasteiger partial charge in [0.2, 0.25) is 0 Å². The summed E-state index contributed by atoms with van der Waals surface area (Å²) in [5, 5.41) is 63.1. The molecule has 0 saturated heterocycles. The van der Waals surface area contributed by atoms with Gasteiger partial charge in [-0.25, -0.2) is 0 Å². The lowest BCUT2D eigenvalue weighted by molar-refractivity contribution is -0.419. The fourth-order valence-corrected chi connectivity index (χ4v) is 1.59. The first-order valence-electron chi connectivity index (χ1n) is 6.86. The zero-order valence-corrected chi connectivity index (χ0v) is 12.8. The molecule has 136 valence electrons. The molecule has 0 fully saturated rings. The zero-order chi connectivity index (χ0) is 18.9. The Bertz CT molecular complexity index is 514. The number of nitro groups is 1. The lowest BCUT2D eigenvalue weighted by Gasteiger charge is -2.22. The van der Waals surface area contributed by atoms with Crippen LogP contribution in [0.3, 0.4) is 0 Å². The Hall–Kier alpha value is -1.95. The molecule has 0 amide bonds. The Morgan fingerprint density at radius 1 is 1.29 bits per heavy atom. The minimum Gasteiger partial charge on any atom is -0.394 e. The molecule has 24 heavy (non-hydrogen) atoms. The van der Waals surface area contributed by atoms with Crippen LogP contribution in [-0.4, -0.2) is 79.0 Å². The third-order valence-corrected chi connectivity index (χ3v) is 3.07. The Kier molecular flexibility index (Phi) is 9.88. The highest BCUT2D eigenvalue weighted by atomic mass is 16.6. The van der Waals surface area contributed by atoms with Crippen LogP contribution in [0.4, 0.5) is 0 Å². The standard InChI is InChI=1S/C8H9NO3.C6H12O6/c1-2-6-5-7(9(11)12)3-4-8(6)10;7-1-3(9)5(11)6(12)4(10)2-8/h2-5,8,10H,1H3;1,3-6,8-12H,2H2. The summed E-state index contributed by atoms with van der Waals surface area (Å²) in [5.74, 6) is 0. The maximum Gasteiger partial charge on any atom is 0.269 e. The smallest absolute Gasteiger partial charge is 0.269 e. The van der Waals surface area contributed by atoms with Gasteiger partial charge in [-0.1, -0.05) is 6.08 Å². The molecule has 0 aromatic carbocycles. The van der Waals surface area contributed by atoms with Crippen LogP contribution in [0.25, 0.3) is 0 Å². The largest absolute Gasteiger partial charge is 0.394 e. The van der Waals surface area contributed by atoms with E-state index in [4.69, 9.17) is 25.5 Å². The number of allylic oxidation sites excluding steroid dienone is 2. The molecule has 1 aliphatic rings. The van der Waals surface area contributed by atoms with E-state index in [1.807, 2.05) is 0 Å². The van der Waals surface area contributed by atoms with E-state index in [-0.39, 0.29) is 12.0 Å². The normalized spacial score (nSPS) is 23.4. The van der Waals surface area contributed by atoms with Gasteiger partial charge in [-0.05, 0) is 18.6 Å². The molecule has 0 aromatic rings. The van der Waals surface area contributed by atoms with Gasteiger partial charge in [0.1, 0.15) is 24.4 Å². The quantitative estimate of drug-likeness (QED) is 0.174. The molecule has 0 aliphatic heterocycles. The second-order valence-electron chi connectivity index (χ2n) is 4.78. The molecule has 0 saturated carbocycles. The molecular formula is C14H21NO9. The van der Waals surface area contributed by atoms with Crippen molar-refractivity contribution in [1.82, 2.24) is 0 Å². The minimum absolute atomic E-state index is 0.00778. The van der Waals surface area contributed by atoms with Gasteiger partial charge in [0.05, 0.1) is 17.6 Å². The van der Waals surface area contributed by atoms with Gasteiger partial charge in [0.25, 0.3) is 5.70 Å². The minimum atomic E-state index is -1.79. The zero-order valence-electron chi connectivity index (χ0n) is 12.8. The Balaban J connectivity index is 0.000000441. The number of carbonyl (C=O) groups excluding carboxylic acids is 1. The first-order valence-corrected chi connectivity index (χ1v) is 6.86. The van der Waals surface area contributed by atoms with E-state index in [1.54, 1.807) is 13.0 Å². The fraction of sp³-hybridized carbons (Fsp3) is 0.500. The number of carbonyl (C=O) groups is 1. The number of hydrogen-bond donors (Lipinski definition) is 6. The van der Waals surface area contributed by atoms with Gasteiger partial charge >= 0.3 is 0 Å². The van der Waals surface area contributed by atoms with Gasteiger partial charge in [-0.3, -0.25) is 10.1 Å². The van der Waals surface area contributed by atoms with Crippen molar-refractivity contribution < 1.29 is 40.4 Å². The van der Waals surface area contributed by atoms with Crippen molar-refractivity contribution >= 4 is 6.29 Å². The molecule has 1 aliphatic carbocycles. The Labute approximate surface area is 137 Å². The SMILES string of the molecule is CC=C1C=C([N+](=O)[O-])C=CC1O.O=CC(O)C(O)C(O)C(O)CO. The third kappa shape index (κ3) is 6.66. The predicted molar refractivity (Wildman–Crippen MR) is 81.2 cm³/mol. The second-order valence-corrected chi connectivity index (χ2v) is 4.78. The highest BCUT2D eigenvalue weighted by Gasteiger charge is 2.29. The molecule has 5 unspecified atom stereocenters. The number of rotatable bonds is 6. The van der Waals surface area contributed by atoms with Crippen molar-refractivity contribution in [3.63, 3.8) is 0 Å². The van der Waals surface area contributed by atoms with E-state index < -0.39 is 42.1 Å². The maximum atomic E-state index is 10.3. The van der Waals surface area contributed by atoms with Gasteiger partial charge in [-0.2, -0.15) is 0 Å². The Morgan fingerprint density at radius 2 is 1.88 bits per heavy atom. The third-order valence-electron chi connectivity index (χ3n) is 3.07. The lowest BCUT2D eigenvalue weighted by atomic mass is 10.0. The van der Waals surface area contributed by atoms with E-state index >= 15 is 0 Å². The molecule has 0 heterocycles. The van der Waals surface area contributed by atoms with Crippen molar-refractivity contribution in [3.05, 3.63) is 45.7 Å². The van der Waals surface area contributed by atoms with Crippen LogP contribution in [-0.2, 0) is 4.79 Å². The van der Waals surface area contributed by atoms with Crippen molar-refractivity contribution in [2.24, 2.45) is 0 Å². The van der Waals surface area contributed by atoms with Crippen LogP contribution < -0.4 is 0 Å². The molecule has 10 heteroatoms. The van der Waals surface area contributed by atoms with Crippen LogP contribution in [0.1, 0.15) is 6.92 Å². The van der Waals surface area contributed by atoms with Crippen LogP contribution in [0.2, 0.25) is 0 Å². The van der Waals surface area contributed by atoms with E-state index in [2.05, 4.69) is 0 Å². The first kappa shape index (κ1) is 22.1. The molecule has 0 spiro atoms. The number of aldehydes is 1. The molecule has 0 radical (unpaired) electrons. The lowest BCUT2D eigenvalue weighted by Crippen LogP contribution is -2.46. The molecule has 5 atom stereocenters. The number of nitrogens with zero attached hydrogens (tertiary/aromatic N) is 1. The van der Waals surface area contributed by atoms with Crippen molar-refractivity contribution in [3.8, 4) is 0 Å². The summed E-state index contributed by atoms with van der Waals surface area (Å²) < 4.78 is 0. The number of aliphatic hydroxyl groups excluding tert-OH is 6. The van der Waals surface area contributed by atoms with Crippen LogP contribution >= 0.6 is 0 Å². The number of aliphatic hydroxyl groups is 6. The van der Waals surface area contributed by atoms with Gasteiger partial charge in [0, 0.05) is 12.2 Å². The molecular weight excluding hydrogens is 326 g/mol. The van der Waals surface area contributed by atoms with Crippen LogP contribution in [0, 0.1) is 10.1 Å². The van der Waals surface area contributed by atoms with Crippen molar-refractivity contribution in [1.29, 1.82) is 0 Å². The van der Waals surface area contributed by atoms with Gasteiger partial charge in [0.15, 0.2) is 6.29 Å². The summed E-state index contributed by atoms with van der Waals surface area (Å²) in [6.45, 7) is 0.968. The number of hydrogen-bond acceptors (Lipinski definition) is 9. The Morgan fingerprint density at radius 3 is 2.29 bits per heavy atom. The second kappa shape index (κ2) is 10.8. The highest BCUT2D eigenvalue weighted by molar-refractivity contribution is 5.56. The first-order chi connectivity index (χ1) is 11.2. The molecule has 0 aromatic heterocycles. The highest BCUT2D eigenvalue weighted by Crippen LogP contribution is 2.16. The van der Waals surface area contributed by atoms with Gasteiger partial charge < -0.3 is 35.4 Å². The van der Waals surface area contributed by atoms with Gasteiger partial charge in [-0.15, -0.1) is 0 Å². The van der Waals surface area contributed by atoms with E-state index in [0.29, 0.717) is 5.57 Å². The van der Waals surface area contributed by atoms with E-state index in [1.165, 1.54) is 18.2 Å². The molecule has 0 bridgehead atoms. The van der Waals surface area contributed by atoms with Crippen LogP contribution in [0.5, 0.6) is 0 Å². The maximum absolute atomic E-state index is 10.3. The summed E-state index contributed by atoms with van der Waals surface area (Å²) in [6, 6.07) is 0. The molecule has 1 rings (SSSR count). The summed E-state index contributed by atoms with van der Waals surface area (Å²) in [4.78, 5) is 19.7. The van der Waals surface area contributed by atoms with E-state index in [0.717, 1.165) is 0 Å². The summed E-state index contributed by atoms with van der Waals surface area (Å²) >= 11 is 0.